The first kappa shape index (κ1) is 28.8. The Kier molecular flexibility index (Phi) is 21.0. The molecule has 0 spiro atoms. The van der Waals surface area contributed by atoms with E-state index in [0.29, 0.717) is 6.61 Å². The number of unbranched alkanes of at least 4 members (excludes halogenated alkanes) is 14. The maximum atomic E-state index is 9.81. The molecule has 0 aliphatic carbocycles. The van der Waals surface area contributed by atoms with E-state index in [-0.39, 0.29) is 25.9 Å². The van der Waals surface area contributed by atoms with Crippen LogP contribution in [0.1, 0.15) is 123 Å². The number of ether oxygens (including phenoxy) is 1. The van der Waals surface area contributed by atoms with E-state index >= 15 is 0 Å². The average molecular weight is 417 g/mol. The highest BCUT2D eigenvalue weighted by Crippen LogP contribution is 2.28. The molecule has 0 aliphatic heterocycles. The third kappa shape index (κ3) is 14.5. The molecule has 3 N–H and O–H groups in total. The zero-order valence-electron chi connectivity index (χ0n) is 19.7. The van der Waals surface area contributed by atoms with Crippen LogP contribution >= 0.6 is 0 Å². The molecule has 1 unspecified atom stereocenters. The summed E-state index contributed by atoms with van der Waals surface area (Å²) in [6.45, 7) is 4.42. The summed E-state index contributed by atoms with van der Waals surface area (Å²) >= 11 is 0. The van der Waals surface area contributed by atoms with Crippen LogP contribution in [0.25, 0.3) is 0 Å². The van der Waals surface area contributed by atoms with Crippen LogP contribution in [0.15, 0.2) is 0 Å². The third-order valence-electron chi connectivity index (χ3n) is 6.26. The van der Waals surface area contributed by atoms with Crippen molar-refractivity contribution in [3.8, 4) is 0 Å². The van der Waals surface area contributed by atoms with Gasteiger partial charge in [0.15, 0.2) is 0 Å². The Morgan fingerprint density at radius 3 is 1.34 bits per heavy atom. The number of hydrogen-bond donors (Lipinski definition) is 3. The Labute approximate surface area is 181 Å². The fourth-order valence-corrected chi connectivity index (χ4v) is 3.95. The zero-order chi connectivity index (χ0) is 21.6. The number of aliphatic hydroxyl groups is 3. The van der Waals surface area contributed by atoms with Gasteiger partial charge in [0.1, 0.15) is 0 Å². The summed E-state index contributed by atoms with van der Waals surface area (Å²) in [5, 5.41) is 29.4. The van der Waals surface area contributed by atoms with Crippen molar-refractivity contribution in [2.75, 3.05) is 26.4 Å². The van der Waals surface area contributed by atoms with E-state index in [1.807, 2.05) is 0 Å². The van der Waals surface area contributed by atoms with Crippen LogP contribution in [0, 0.1) is 5.41 Å². The van der Waals surface area contributed by atoms with E-state index in [1.54, 1.807) is 0 Å². The first-order valence-electron chi connectivity index (χ1n) is 12.6. The molecule has 0 saturated carbocycles. The van der Waals surface area contributed by atoms with E-state index in [4.69, 9.17) is 4.74 Å². The summed E-state index contributed by atoms with van der Waals surface area (Å²) in [5.74, 6) is 0. The van der Waals surface area contributed by atoms with Crippen molar-refractivity contribution in [1.82, 2.24) is 0 Å². The molecular formula is C25H52O4. The Hall–Kier alpha value is -0.160. The predicted molar refractivity (Wildman–Crippen MR) is 123 cm³/mol. The molecule has 0 fully saturated rings. The molecule has 4 nitrogen and oxygen atoms in total. The molecule has 29 heavy (non-hydrogen) atoms. The Balaban J connectivity index is 4.13. The molecule has 0 radical (unpaired) electrons. The number of hydrogen-bond acceptors (Lipinski definition) is 4. The van der Waals surface area contributed by atoms with Crippen molar-refractivity contribution in [3.63, 3.8) is 0 Å². The van der Waals surface area contributed by atoms with E-state index in [9.17, 15) is 15.3 Å². The molecule has 0 aromatic rings. The van der Waals surface area contributed by atoms with Crippen LogP contribution in [0.2, 0.25) is 0 Å². The highest BCUT2D eigenvalue weighted by atomic mass is 16.5. The summed E-state index contributed by atoms with van der Waals surface area (Å²) < 4.78 is 6.11. The molecule has 4 heteroatoms. The summed E-state index contributed by atoms with van der Waals surface area (Å²) in [7, 11) is 0. The van der Waals surface area contributed by atoms with Gasteiger partial charge in [-0.1, -0.05) is 110 Å². The van der Waals surface area contributed by atoms with E-state index in [2.05, 4.69) is 13.8 Å². The molecule has 0 aliphatic rings. The van der Waals surface area contributed by atoms with E-state index in [1.165, 1.54) is 83.5 Å². The Bertz CT molecular complexity index is 310. The van der Waals surface area contributed by atoms with Gasteiger partial charge in [0.2, 0.25) is 0 Å². The van der Waals surface area contributed by atoms with Gasteiger partial charge in [-0.15, -0.1) is 0 Å². The van der Waals surface area contributed by atoms with Crippen molar-refractivity contribution >= 4 is 0 Å². The van der Waals surface area contributed by atoms with Crippen LogP contribution in [0.5, 0.6) is 0 Å². The van der Waals surface area contributed by atoms with Gasteiger partial charge in [-0.2, -0.15) is 0 Å². The molecule has 0 aromatic carbocycles. The SMILES string of the molecule is CCCCCCCCCCOC(CCCCCCCCCC)C(CO)(CO)CO. The summed E-state index contributed by atoms with van der Waals surface area (Å²) in [4.78, 5) is 0. The summed E-state index contributed by atoms with van der Waals surface area (Å²) in [6.07, 6.45) is 20.5. The van der Waals surface area contributed by atoms with Gasteiger partial charge in [-0.3, -0.25) is 0 Å². The molecule has 0 heterocycles. The quantitative estimate of drug-likeness (QED) is 0.178. The van der Waals surface area contributed by atoms with Crippen molar-refractivity contribution < 1.29 is 20.1 Å². The minimum absolute atomic E-state index is 0.237. The highest BCUT2D eigenvalue weighted by molar-refractivity contribution is 4.86. The molecule has 0 saturated heterocycles. The molecule has 176 valence electrons. The second-order valence-corrected chi connectivity index (χ2v) is 8.93. The number of rotatable bonds is 23. The fraction of sp³-hybridized carbons (Fsp3) is 1.00. The molecule has 0 bridgehead atoms. The lowest BCUT2D eigenvalue weighted by molar-refractivity contribution is -0.117. The van der Waals surface area contributed by atoms with Gasteiger partial charge in [0, 0.05) is 6.61 Å². The van der Waals surface area contributed by atoms with Crippen LogP contribution in [-0.2, 0) is 4.74 Å². The maximum Gasteiger partial charge on any atom is 0.0697 e. The maximum absolute atomic E-state index is 9.81. The molecule has 0 aromatic heterocycles. The zero-order valence-corrected chi connectivity index (χ0v) is 19.7. The molecular weight excluding hydrogens is 364 g/mol. The van der Waals surface area contributed by atoms with Crippen molar-refractivity contribution in [3.05, 3.63) is 0 Å². The first-order chi connectivity index (χ1) is 14.2. The van der Waals surface area contributed by atoms with Crippen LogP contribution in [-0.4, -0.2) is 47.9 Å². The smallest absolute Gasteiger partial charge is 0.0697 e. The van der Waals surface area contributed by atoms with E-state index in [0.717, 1.165) is 25.7 Å². The number of aliphatic hydroxyl groups excluding tert-OH is 3. The summed E-state index contributed by atoms with van der Waals surface area (Å²) in [6, 6.07) is 0. The second-order valence-electron chi connectivity index (χ2n) is 8.93. The van der Waals surface area contributed by atoms with Gasteiger partial charge in [-0.05, 0) is 12.8 Å². The lowest BCUT2D eigenvalue weighted by Gasteiger charge is -2.36. The fourth-order valence-electron chi connectivity index (χ4n) is 3.95. The lowest BCUT2D eigenvalue weighted by Crippen LogP contribution is -2.46. The molecule has 0 rings (SSSR count). The Morgan fingerprint density at radius 1 is 0.552 bits per heavy atom. The van der Waals surface area contributed by atoms with Gasteiger partial charge < -0.3 is 20.1 Å². The normalized spacial score (nSPS) is 13.1. The lowest BCUT2D eigenvalue weighted by atomic mass is 9.81. The van der Waals surface area contributed by atoms with Crippen LogP contribution in [0.4, 0.5) is 0 Å². The molecule has 0 amide bonds. The van der Waals surface area contributed by atoms with Crippen molar-refractivity contribution in [2.45, 2.75) is 129 Å². The summed E-state index contributed by atoms with van der Waals surface area (Å²) in [5.41, 5.74) is -0.929. The van der Waals surface area contributed by atoms with Gasteiger partial charge in [0.05, 0.1) is 31.3 Å². The monoisotopic (exact) mass is 416 g/mol. The third-order valence-corrected chi connectivity index (χ3v) is 6.26. The van der Waals surface area contributed by atoms with Gasteiger partial charge >= 0.3 is 0 Å². The molecule has 1 atom stereocenters. The van der Waals surface area contributed by atoms with Crippen LogP contribution < -0.4 is 0 Å². The Morgan fingerprint density at radius 2 is 0.931 bits per heavy atom. The highest BCUT2D eigenvalue weighted by Gasteiger charge is 2.38. The van der Waals surface area contributed by atoms with Gasteiger partial charge in [0.25, 0.3) is 0 Å². The van der Waals surface area contributed by atoms with Crippen molar-refractivity contribution in [1.29, 1.82) is 0 Å². The average Bonchev–Trinajstić information content (AvgIpc) is 2.75. The van der Waals surface area contributed by atoms with Crippen molar-refractivity contribution in [2.24, 2.45) is 5.41 Å². The topological polar surface area (TPSA) is 69.9 Å². The second kappa shape index (κ2) is 21.1. The van der Waals surface area contributed by atoms with Crippen LogP contribution in [0.3, 0.4) is 0 Å². The minimum atomic E-state index is -0.929. The largest absolute Gasteiger partial charge is 0.396 e. The standard InChI is InChI=1S/C25H52O4/c1-3-5-7-9-11-13-15-17-19-24(25(21-26,22-27)23-28)29-20-18-16-14-12-10-8-6-4-2/h24,26-28H,3-23H2,1-2H3. The van der Waals surface area contributed by atoms with Gasteiger partial charge in [-0.25, -0.2) is 0 Å². The first-order valence-corrected chi connectivity index (χ1v) is 12.6. The minimum Gasteiger partial charge on any atom is -0.396 e. The van der Waals surface area contributed by atoms with E-state index < -0.39 is 5.41 Å². The predicted octanol–water partition coefficient (Wildman–Crippen LogP) is 6.01.